The van der Waals surface area contributed by atoms with Gasteiger partial charge in [-0.15, -0.1) is 15.3 Å². The second kappa shape index (κ2) is 5.72. The zero-order valence-corrected chi connectivity index (χ0v) is 13.2. The number of pyridine rings is 1. The van der Waals surface area contributed by atoms with Crippen molar-refractivity contribution in [3.05, 3.63) is 47.5 Å². The zero-order chi connectivity index (χ0) is 16.7. The van der Waals surface area contributed by atoms with Crippen molar-refractivity contribution in [3.63, 3.8) is 0 Å². The summed E-state index contributed by atoms with van der Waals surface area (Å²) in [4.78, 5) is 17.9. The van der Waals surface area contributed by atoms with Crippen molar-refractivity contribution in [3.8, 4) is 0 Å². The third-order valence-corrected chi connectivity index (χ3v) is 4.46. The Hall–Kier alpha value is -2.74. The number of carboxylic acids is 1. The van der Waals surface area contributed by atoms with Gasteiger partial charge >= 0.3 is 5.97 Å². The summed E-state index contributed by atoms with van der Waals surface area (Å²) in [5.74, 6) is -0.940. The van der Waals surface area contributed by atoms with Crippen LogP contribution in [0.3, 0.4) is 0 Å². The highest BCUT2D eigenvalue weighted by Crippen LogP contribution is 2.34. The molecule has 3 aromatic rings. The number of aliphatic carboxylic acids is 1. The molecule has 3 aromatic heterocycles. The topological polar surface area (TPSA) is 96.5 Å². The van der Waals surface area contributed by atoms with Crippen LogP contribution in [0.4, 0.5) is 5.82 Å². The van der Waals surface area contributed by atoms with Crippen molar-refractivity contribution in [1.82, 2.24) is 24.8 Å². The lowest BCUT2D eigenvalue weighted by atomic mass is 9.93. The fourth-order valence-corrected chi connectivity index (χ4v) is 3.15. The van der Waals surface area contributed by atoms with E-state index >= 15 is 0 Å². The Bertz CT molecular complexity index is 896. The molecule has 1 fully saturated rings. The number of anilines is 1. The van der Waals surface area contributed by atoms with Crippen LogP contribution in [-0.4, -0.2) is 49.0 Å². The minimum atomic E-state index is -0.843. The molecule has 0 aliphatic carbocycles. The van der Waals surface area contributed by atoms with Crippen LogP contribution < -0.4 is 4.90 Å². The van der Waals surface area contributed by atoms with Crippen LogP contribution in [-0.2, 0) is 4.79 Å². The number of nitrogens with zero attached hydrogens (tertiary/aromatic N) is 6. The van der Waals surface area contributed by atoms with Crippen LogP contribution in [0.1, 0.15) is 11.6 Å². The molecule has 0 aromatic carbocycles. The Morgan fingerprint density at radius 2 is 2.12 bits per heavy atom. The number of carbonyl (C=O) groups is 1. The maximum absolute atomic E-state index is 11.7. The highest BCUT2D eigenvalue weighted by Gasteiger charge is 2.40. The van der Waals surface area contributed by atoms with Gasteiger partial charge in [0.05, 0.1) is 10.9 Å². The molecule has 24 heavy (non-hydrogen) atoms. The molecular formula is C15H13ClN6O2. The van der Waals surface area contributed by atoms with Crippen molar-refractivity contribution in [1.29, 1.82) is 0 Å². The molecule has 0 saturated carbocycles. The minimum absolute atomic E-state index is 0.224. The molecule has 1 N–H and O–H groups in total. The molecule has 1 saturated heterocycles. The molecule has 1 aliphatic heterocycles. The van der Waals surface area contributed by atoms with E-state index in [4.69, 9.17) is 11.6 Å². The molecular weight excluding hydrogens is 332 g/mol. The maximum atomic E-state index is 11.7. The second-order valence-electron chi connectivity index (χ2n) is 5.68. The Labute approximate surface area is 141 Å². The van der Waals surface area contributed by atoms with Gasteiger partial charge < -0.3 is 10.0 Å². The summed E-state index contributed by atoms with van der Waals surface area (Å²) in [5.41, 5.74) is 1.36. The number of halogens is 1. The average Bonchev–Trinajstić information content (AvgIpc) is 3.21. The predicted octanol–water partition coefficient (Wildman–Crippen LogP) is 1.48. The van der Waals surface area contributed by atoms with E-state index in [-0.39, 0.29) is 5.92 Å². The van der Waals surface area contributed by atoms with Crippen molar-refractivity contribution in [2.45, 2.75) is 5.92 Å². The standard InChI is InChI=1S/C15H13ClN6O2/c16-9-1-2-12(17-5-9)10-6-21(7-11(10)15(23)24)14-4-3-13-19-18-8-22(13)20-14/h1-5,8,10-11H,6-7H2,(H,23,24)/t10-,11-/m1/s1. The number of carboxylic acid groups (broad SMARTS) is 1. The molecule has 0 bridgehead atoms. The van der Waals surface area contributed by atoms with E-state index in [0.29, 0.717) is 29.6 Å². The summed E-state index contributed by atoms with van der Waals surface area (Å²) in [7, 11) is 0. The summed E-state index contributed by atoms with van der Waals surface area (Å²) >= 11 is 5.87. The molecule has 4 rings (SSSR count). The summed E-state index contributed by atoms with van der Waals surface area (Å²) in [6.07, 6.45) is 3.06. The largest absolute Gasteiger partial charge is 0.481 e. The van der Waals surface area contributed by atoms with E-state index in [2.05, 4.69) is 20.3 Å². The molecule has 9 heteroatoms. The van der Waals surface area contributed by atoms with E-state index in [0.717, 1.165) is 5.69 Å². The van der Waals surface area contributed by atoms with Crippen LogP contribution in [0.15, 0.2) is 36.8 Å². The summed E-state index contributed by atoms with van der Waals surface area (Å²) in [6.45, 7) is 0.886. The Kier molecular flexibility index (Phi) is 3.53. The first-order valence-corrected chi connectivity index (χ1v) is 7.76. The molecule has 1 aliphatic rings. The predicted molar refractivity (Wildman–Crippen MR) is 86.1 cm³/mol. The van der Waals surface area contributed by atoms with Crippen molar-refractivity contribution in [2.75, 3.05) is 18.0 Å². The molecule has 2 atom stereocenters. The Balaban J connectivity index is 1.66. The van der Waals surface area contributed by atoms with Gasteiger partial charge in [0.2, 0.25) is 0 Å². The van der Waals surface area contributed by atoms with Crippen LogP contribution in [0, 0.1) is 5.92 Å². The molecule has 4 heterocycles. The monoisotopic (exact) mass is 344 g/mol. The van der Waals surface area contributed by atoms with Crippen LogP contribution in [0.25, 0.3) is 5.65 Å². The van der Waals surface area contributed by atoms with Gasteiger partial charge in [0, 0.05) is 30.9 Å². The summed E-state index contributed by atoms with van der Waals surface area (Å²) in [6, 6.07) is 7.13. The van der Waals surface area contributed by atoms with Crippen LogP contribution in [0.2, 0.25) is 5.02 Å². The molecule has 8 nitrogen and oxygen atoms in total. The van der Waals surface area contributed by atoms with Crippen LogP contribution in [0.5, 0.6) is 0 Å². The first-order chi connectivity index (χ1) is 11.6. The maximum Gasteiger partial charge on any atom is 0.309 e. The van der Waals surface area contributed by atoms with Gasteiger partial charge in [0.15, 0.2) is 5.65 Å². The van der Waals surface area contributed by atoms with E-state index < -0.39 is 11.9 Å². The fourth-order valence-electron chi connectivity index (χ4n) is 3.03. The molecule has 0 unspecified atom stereocenters. The third kappa shape index (κ3) is 2.54. The van der Waals surface area contributed by atoms with Gasteiger partial charge in [-0.2, -0.15) is 4.52 Å². The normalized spacial score (nSPS) is 20.6. The van der Waals surface area contributed by atoms with Gasteiger partial charge in [-0.3, -0.25) is 9.78 Å². The average molecular weight is 345 g/mol. The quantitative estimate of drug-likeness (QED) is 0.768. The third-order valence-electron chi connectivity index (χ3n) is 4.24. The van der Waals surface area contributed by atoms with Gasteiger partial charge in [-0.1, -0.05) is 11.6 Å². The zero-order valence-electron chi connectivity index (χ0n) is 12.4. The second-order valence-corrected chi connectivity index (χ2v) is 6.12. The number of hydrogen-bond acceptors (Lipinski definition) is 6. The lowest BCUT2D eigenvalue weighted by Gasteiger charge is -2.16. The van der Waals surface area contributed by atoms with Gasteiger partial charge in [-0.05, 0) is 24.3 Å². The fraction of sp³-hybridized carbons (Fsp3) is 0.267. The lowest BCUT2D eigenvalue weighted by Crippen LogP contribution is -2.24. The SMILES string of the molecule is O=C(O)[C@@H]1CN(c2ccc3nncn3n2)C[C@H]1c1ccc(Cl)cn1. The number of rotatable bonds is 3. The van der Waals surface area contributed by atoms with Gasteiger partial charge in [0.1, 0.15) is 12.1 Å². The number of fused-ring (bicyclic) bond motifs is 1. The van der Waals surface area contributed by atoms with Crippen LogP contribution >= 0.6 is 11.6 Å². The summed E-state index contributed by atoms with van der Waals surface area (Å²) in [5, 5.41) is 22.3. The van der Waals surface area contributed by atoms with Crippen molar-refractivity contribution < 1.29 is 9.90 Å². The van der Waals surface area contributed by atoms with Crippen molar-refractivity contribution in [2.24, 2.45) is 5.92 Å². The molecule has 0 radical (unpaired) electrons. The highest BCUT2D eigenvalue weighted by molar-refractivity contribution is 6.30. The van der Waals surface area contributed by atoms with E-state index in [1.807, 2.05) is 11.0 Å². The molecule has 0 spiro atoms. The number of hydrogen-bond donors (Lipinski definition) is 1. The minimum Gasteiger partial charge on any atom is -0.481 e. The highest BCUT2D eigenvalue weighted by atomic mass is 35.5. The Morgan fingerprint density at radius 3 is 2.88 bits per heavy atom. The lowest BCUT2D eigenvalue weighted by molar-refractivity contribution is -0.141. The van der Waals surface area contributed by atoms with Gasteiger partial charge in [0.25, 0.3) is 0 Å². The first-order valence-electron chi connectivity index (χ1n) is 7.38. The molecule has 0 amide bonds. The van der Waals surface area contributed by atoms with Crippen molar-refractivity contribution >= 4 is 29.0 Å². The number of aromatic nitrogens is 5. The smallest absolute Gasteiger partial charge is 0.309 e. The summed E-state index contributed by atoms with van der Waals surface area (Å²) < 4.78 is 1.57. The Morgan fingerprint density at radius 1 is 1.25 bits per heavy atom. The molecule has 122 valence electrons. The van der Waals surface area contributed by atoms with E-state index in [9.17, 15) is 9.90 Å². The first kappa shape index (κ1) is 14.8. The van der Waals surface area contributed by atoms with E-state index in [1.165, 1.54) is 6.33 Å². The van der Waals surface area contributed by atoms with Gasteiger partial charge in [-0.25, -0.2) is 0 Å². The van der Waals surface area contributed by atoms with E-state index in [1.54, 1.807) is 28.9 Å².